The molecule has 1 aromatic carbocycles. The average Bonchev–Trinajstić information content (AvgIpc) is 2.85. The van der Waals surface area contributed by atoms with Gasteiger partial charge in [0.15, 0.2) is 5.65 Å². The van der Waals surface area contributed by atoms with Crippen LogP contribution in [0.25, 0.3) is 11.0 Å². The van der Waals surface area contributed by atoms with E-state index in [1.807, 2.05) is 42.5 Å². The lowest BCUT2D eigenvalue weighted by Gasteiger charge is -2.36. The molecule has 0 amide bonds. The molecular formula is C26H31N3O3. The van der Waals surface area contributed by atoms with Gasteiger partial charge in [0.1, 0.15) is 6.04 Å². The van der Waals surface area contributed by atoms with Crippen LogP contribution < -0.4 is 0 Å². The molecule has 32 heavy (non-hydrogen) atoms. The summed E-state index contributed by atoms with van der Waals surface area (Å²) < 4.78 is 11.2. The van der Waals surface area contributed by atoms with Gasteiger partial charge in [0.2, 0.25) is 0 Å². The number of hydrogen-bond donors (Lipinski definition) is 0. The van der Waals surface area contributed by atoms with Crippen molar-refractivity contribution in [1.29, 1.82) is 0 Å². The van der Waals surface area contributed by atoms with Gasteiger partial charge in [-0.1, -0.05) is 30.3 Å². The number of pyridine rings is 2. The Hall–Kier alpha value is -2.83. The number of fused-ring (bicyclic) bond motifs is 1. The summed E-state index contributed by atoms with van der Waals surface area (Å²) in [6.07, 6.45) is 6.89. The second-order valence-electron chi connectivity index (χ2n) is 8.25. The first kappa shape index (κ1) is 22.4. The van der Waals surface area contributed by atoms with Crippen LogP contribution in [0.15, 0.2) is 60.8 Å². The van der Waals surface area contributed by atoms with Gasteiger partial charge in [0.25, 0.3) is 0 Å². The molecule has 3 aromatic rings. The minimum absolute atomic E-state index is 0.201. The number of hydrogen-bond acceptors (Lipinski definition) is 6. The quantitative estimate of drug-likeness (QED) is 0.369. The molecule has 0 bridgehead atoms. The van der Waals surface area contributed by atoms with E-state index in [0.717, 1.165) is 74.1 Å². The smallest absolute Gasteiger partial charge is 0.327 e. The Labute approximate surface area is 189 Å². The highest BCUT2D eigenvalue weighted by molar-refractivity contribution is 5.77. The van der Waals surface area contributed by atoms with E-state index in [1.54, 1.807) is 6.20 Å². The van der Waals surface area contributed by atoms with Gasteiger partial charge in [0.05, 0.1) is 13.2 Å². The Morgan fingerprint density at radius 2 is 1.88 bits per heavy atom. The molecule has 1 aliphatic heterocycles. The molecule has 1 atom stereocenters. The molecule has 4 rings (SSSR count). The molecule has 1 aliphatic rings. The summed E-state index contributed by atoms with van der Waals surface area (Å²) in [6.45, 7) is 2.41. The van der Waals surface area contributed by atoms with Gasteiger partial charge in [-0.05, 0) is 61.9 Å². The maximum Gasteiger partial charge on any atom is 0.327 e. The number of unbranched alkanes of at least 4 members (excludes halogenated alkanes) is 1. The second kappa shape index (κ2) is 11.2. The third-order valence-corrected chi connectivity index (χ3v) is 6.08. The van der Waals surface area contributed by atoms with Crippen LogP contribution in [0.4, 0.5) is 0 Å². The van der Waals surface area contributed by atoms with Crippen molar-refractivity contribution in [2.24, 2.45) is 0 Å². The molecule has 0 spiro atoms. The third kappa shape index (κ3) is 5.69. The van der Waals surface area contributed by atoms with Crippen LogP contribution in [0, 0.1) is 0 Å². The van der Waals surface area contributed by atoms with Crippen molar-refractivity contribution in [3.8, 4) is 0 Å². The summed E-state index contributed by atoms with van der Waals surface area (Å²) >= 11 is 0. The summed E-state index contributed by atoms with van der Waals surface area (Å²) in [7, 11) is 1.46. The van der Waals surface area contributed by atoms with Crippen LogP contribution in [0.1, 0.15) is 43.0 Å². The van der Waals surface area contributed by atoms with Gasteiger partial charge in [-0.2, -0.15) is 0 Å². The van der Waals surface area contributed by atoms with Crippen molar-refractivity contribution in [2.45, 2.75) is 44.2 Å². The van der Waals surface area contributed by atoms with E-state index in [9.17, 15) is 4.79 Å². The number of aromatic nitrogens is 2. The first-order valence-corrected chi connectivity index (χ1v) is 11.4. The number of benzene rings is 1. The van der Waals surface area contributed by atoms with Crippen molar-refractivity contribution in [2.75, 3.05) is 26.8 Å². The van der Waals surface area contributed by atoms with Crippen LogP contribution in [-0.4, -0.2) is 53.7 Å². The number of rotatable bonds is 9. The van der Waals surface area contributed by atoms with Crippen LogP contribution in [-0.2, 0) is 20.7 Å². The van der Waals surface area contributed by atoms with E-state index < -0.39 is 0 Å². The normalized spacial score (nSPS) is 16.2. The molecule has 1 saturated heterocycles. The Balaban J connectivity index is 1.19. The summed E-state index contributed by atoms with van der Waals surface area (Å²) in [5, 5.41) is 1.08. The first-order valence-electron chi connectivity index (χ1n) is 11.4. The van der Waals surface area contributed by atoms with Gasteiger partial charge in [-0.3, -0.25) is 4.90 Å². The molecule has 0 radical (unpaired) electrons. The Morgan fingerprint density at radius 3 is 2.66 bits per heavy atom. The summed E-state index contributed by atoms with van der Waals surface area (Å²) in [6, 6.07) is 17.7. The zero-order chi connectivity index (χ0) is 22.2. The average molecular weight is 434 g/mol. The number of ether oxygens (including phenoxy) is 2. The molecule has 0 N–H and O–H groups in total. The lowest BCUT2D eigenvalue weighted by molar-refractivity contribution is -0.148. The monoisotopic (exact) mass is 433 g/mol. The highest BCUT2D eigenvalue weighted by Gasteiger charge is 2.31. The fraction of sp³-hybridized carbons (Fsp3) is 0.423. The van der Waals surface area contributed by atoms with Gasteiger partial charge in [-0.25, -0.2) is 14.8 Å². The summed E-state index contributed by atoms with van der Waals surface area (Å²) in [5.41, 5.74) is 2.88. The van der Waals surface area contributed by atoms with Crippen LogP contribution in [0.5, 0.6) is 0 Å². The molecule has 3 heterocycles. The minimum atomic E-state index is -0.342. The molecule has 168 valence electrons. The van der Waals surface area contributed by atoms with Gasteiger partial charge in [-0.15, -0.1) is 0 Å². The Morgan fingerprint density at radius 1 is 1.06 bits per heavy atom. The highest BCUT2D eigenvalue weighted by atomic mass is 16.5. The van der Waals surface area contributed by atoms with Crippen LogP contribution in [0.3, 0.4) is 0 Å². The molecule has 2 aromatic heterocycles. The van der Waals surface area contributed by atoms with Crippen LogP contribution >= 0.6 is 0 Å². The molecule has 6 nitrogen and oxygen atoms in total. The van der Waals surface area contributed by atoms with E-state index in [0.29, 0.717) is 0 Å². The Bertz CT molecular complexity index is 1000. The van der Waals surface area contributed by atoms with Crippen molar-refractivity contribution in [3.05, 3.63) is 72.1 Å². The van der Waals surface area contributed by atoms with Crippen molar-refractivity contribution in [3.63, 3.8) is 0 Å². The second-order valence-corrected chi connectivity index (χ2v) is 8.25. The highest BCUT2D eigenvalue weighted by Crippen LogP contribution is 2.27. The fourth-order valence-electron chi connectivity index (χ4n) is 4.33. The number of methoxy groups -OCH3 is 1. The molecule has 6 heteroatoms. The van der Waals surface area contributed by atoms with Crippen molar-refractivity contribution >= 4 is 17.0 Å². The van der Waals surface area contributed by atoms with Crippen molar-refractivity contribution in [1.82, 2.24) is 14.9 Å². The van der Waals surface area contributed by atoms with Gasteiger partial charge < -0.3 is 9.47 Å². The van der Waals surface area contributed by atoms with Gasteiger partial charge in [0, 0.05) is 37.0 Å². The molecule has 1 unspecified atom stereocenters. The lowest BCUT2D eigenvalue weighted by atomic mass is 10.0. The SMILES string of the molecule is COC(=O)C(c1ccccc1)N1CCC(OCCCCc2ccc3cccnc3n2)CC1. The molecule has 0 aliphatic carbocycles. The van der Waals surface area contributed by atoms with E-state index in [1.165, 1.54) is 7.11 Å². The number of nitrogens with zero attached hydrogens (tertiary/aromatic N) is 3. The van der Waals surface area contributed by atoms with Gasteiger partial charge >= 0.3 is 5.97 Å². The number of esters is 1. The molecular weight excluding hydrogens is 402 g/mol. The summed E-state index contributed by atoms with van der Waals surface area (Å²) in [5.74, 6) is -0.201. The van der Waals surface area contributed by atoms with Crippen molar-refractivity contribution < 1.29 is 14.3 Å². The number of aryl methyl sites for hydroxylation is 1. The van der Waals surface area contributed by atoms with Crippen LogP contribution in [0.2, 0.25) is 0 Å². The van der Waals surface area contributed by atoms with E-state index >= 15 is 0 Å². The number of carbonyl (C=O) groups excluding carboxylic acids is 1. The fourth-order valence-corrected chi connectivity index (χ4v) is 4.33. The zero-order valence-electron chi connectivity index (χ0n) is 18.7. The topological polar surface area (TPSA) is 64.5 Å². The lowest BCUT2D eigenvalue weighted by Crippen LogP contribution is -2.42. The molecule has 0 saturated carbocycles. The Kier molecular flexibility index (Phi) is 7.80. The zero-order valence-corrected chi connectivity index (χ0v) is 18.7. The predicted molar refractivity (Wildman–Crippen MR) is 124 cm³/mol. The summed E-state index contributed by atoms with van der Waals surface area (Å²) in [4.78, 5) is 23.6. The van der Waals surface area contributed by atoms with E-state index in [2.05, 4.69) is 27.0 Å². The number of carbonyl (C=O) groups is 1. The maximum absolute atomic E-state index is 12.4. The first-order chi connectivity index (χ1) is 15.7. The number of piperidine rings is 1. The van der Waals surface area contributed by atoms with E-state index in [-0.39, 0.29) is 18.1 Å². The third-order valence-electron chi connectivity index (χ3n) is 6.08. The van der Waals surface area contributed by atoms with E-state index in [4.69, 9.17) is 9.47 Å². The number of likely N-dealkylation sites (tertiary alicyclic amines) is 1. The maximum atomic E-state index is 12.4. The minimum Gasteiger partial charge on any atom is -0.468 e. The predicted octanol–water partition coefficient (Wildman–Crippen LogP) is 4.35. The standard InChI is InChI=1S/C26H31N3O3/c1-31-26(30)24(20-8-3-2-4-9-20)29-17-14-23(15-18-29)32-19-6-5-11-22-13-12-21-10-7-16-27-25(21)28-22/h2-4,7-10,12-13,16,23-24H,5-6,11,14-15,17-19H2,1H3. The largest absolute Gasteiger partial charge is 0.468 e. The molecule has 1 fully saturated rings.